The third kappa shape index (κ3) is 3.36. The van der Waals surface area contributed by atoms with Crippen molar-refractivity contribution in [3.63, 3.8) is 0 Å². The summed E-state index contributed by atoms with van der Waals surface area (Å²) in [5.41, 5.74) is 6.96. The van der Waals surface area contributed by atoms with E-state index in [4.69, 9.17) is 5.73 Å². The summed E-state index contributed by atoms with van der Waals surface area (Å²) in [5, 5.41) is 0. The molecule has 1 aromatic carbocycles. The Morgan fingerprint density at radius 3 is 2.25 bits per heavy atom. The van der Waals surface area contributed by atoms with E-state index in [9.17, 15) is 8.42 Å². The summed E-state index contributed by atoms with van der Waals surface area (Å²) in [6.07, 6.45) is 5.91. The number of sulfone groups is 1. The van der Waals surface area contributed by atoms with Gasteiger partial charge in [-0.25, -0.2) is 13.4 Å². The Bertz CT molecular complexity index is 811. The summed E-state index contributed by atoms with van der Waals surface area (Å²) >= 11 is 0. The second-order valence-corrected chi connectivity index (χ2v) is 8.06. The van der Waals surface area contributed by atoms with E-state index < -0.39 is 9.84 Å². The largest absolute Gasteiger partial charge is 0.382 e. The monoisotopic (exact) mass is 346 g/mol. The summed E-state index contributed by atoms with van der Waals surface area (Å²) in [6.45, 7) is 3.66. The van der Waals surface area contributed by atoms with Crippen molar-refractivity contribution in [2.75, 3.05) is 23.7 Å². The zero-order valence-corrected chi connectivity index (χ0v) is 14.6. The van der Waals surface area contributed by atoms with Gasteiger partial charge in [0, 0.05) is 13.1 Å². The number of aryl methyl sites for hydroxylation is 1. The van der Waals surface area contributed by atoms with E-state index in [0.717, 1.165) is 31.5 Å². The van der Waals surface area contributed by atoms with Gasteiger partial charge in [-0.2, -0.15) is 4.98 Å². The molecule has 0 unspecified atom stereocenters. The van der Waals surface area contributed by atoms with Gasteiger partial charge in [0.05, 0.1) is 11.1 Å². The maximum atomic E-state index is 12.7. The van der Waals surface area contributed by atoms with Gasteiger partial charge in [-0.05, 0) is 31.9 Å². The topological polar surface area (TPSA) is 89.2 Å². The molecule has 2 aromatic rings. The van der Waals surface area contributed by atoms with Crippen molar-refractivity contribution >= 4 is 21.6 Å². The van der Waals surface area contributed by atoms with E-state index in [1.807, 2.05) is 6.92 Å². The lowest BCUT2D eigenvalue weighted by molar-refractivity contribution is 0.595. The highest BCUT2D eigenvalue weighted by Crippen LogP contribution is 2.26. The molecule has 0 spiro atoms. The zero-order chi connectivity index (χ0) is 17.2. The van der Waals surface area contributed by atoms with E-state index in [2.05, 4.69) is 14.9 Å². The van der Waals surface area contributed by atoms with Crippen LogP contribution < -0.4 is 10.6 Å². The SMILES string of the molecule is Cc1ccc(S(=O)(=O)c2cnc(N3CCCCCC3)nc2N)cc1. The van der Waals surface area contributed by atoms with E-state index in [1.165, 1.54) is 19.0 Å². The molecule has 3 rings (SSSR count). The summed E-state index contributed by atoms with van der Waals surface area (Å²) in [6, 6.07) is 6.67. The van der Waals surface area contributed by atoms with E-state index in [1.54, 1.807) is 24.3 Å². The molecule has 0 saturated carbocycles. The number of nitrogens with two attached hydrogens (primary N) is 1. The molecule has 128 valence electrons. The van der Waals surface area contributed by atoms with E-state index in [0.29, 0.717) is 5.95 Å². The third-order valence-corrected chi connectivity index (χ3v) is 6.07. The lowest BCUT2D eigenvalue weighted by atomic mass is 10.2. The summed E-state index contributed by atoms with van der Waals surface area (Å²) in [5.74, 6) is 0.516. The minimum atomic E-state index is -3.71. The van der Waals surface area contributed by atoms with Gasteiger partial charge in [-0.1, -0.05) is 30.5 Å². The molecule has 1 aliphatic rings. The molecule has 7 heteroatoms. The second-order valence-electron chi connectivity index (χ2n) is 6.14. The normalized spacial score (nSPS) is 16.0. The first-order valence-corrected chi connectivity index (χ1v) is 9.66. The number of hydrogen-bond acceptors (Lipinski definition) is 6. The minimum absolute atomic E-state index is 0.00446. The van der Waals surface area contributed by atoms with Crippen LogP contribution in [0.5, 0.6) is 0 Å². The average molecular weight is 346 g/mol. The van der Waals surface area contributed by atoms with Gasteiger partial charge in [0.25, 0.3) is 0 Å². The Balaban J connectivity index is 1.93. The van der Waals surface area contributed by atoms with Gasteiger partial charge in [0.2, 0.25) is 15.8 Å². The van der Waals surface area contributed by atoms with Crippen LogP contribution in [0.25, 0.3) is 0 Å². The van der Waals surface area contributed by atoms with Crippen LogP contribution in [-0.4, -0.2) is 31.5 Å². The first kappa shape index (κ1) is 16.7. The molecule has 0 aliphatic carbocycles. The van der Waals surface area contributed by atoms with Crippen molar-refractivity contribution in [2.24, 2.45) is 0 Å². The van der Waals surface area contributed by atoms with Crippen molar-refractivity contribution in [3.8, 4) is 0 Å². The Hall–Kier alpha value is -2.15. The standard InChI is InChI=1S/C17H22N4O2S/c1-13-6-8-14(9-7-13)24(22,23)15-12-19-17(20-16(15)18)21-10-4-2-3-5-11-21/h6-9,12H,2-5,10-11H2,1H3,(H2,18,19,20). The molecule has 0 bridgehead atoms. The molecule has 6 nitrogen and oxygen atoms in total. The number of hydrogen-bond donors (Lipinski definition) is 1. The lowest BCUT2D eigenvalue weighted by Gasteiger charge is -2.20. The molecule has 2 N–H and O–H groups in total. The molecule has 1 aromatic heterocycles. The smallest absolute Gasteiger partial charge is 0.227 e. The van der Waals surface area contributed by atoms with E-state index in [-0.39, 0.29) is 15.6 Å². The average Bonchev–Trinajstić information content (AvgIpc) is 2.84. The zero-order valence-electron chi connectivity index (χ0n) is 13.8. The predicted octanol–water partition coefficient (Wildman–Crippen LogP) is 2.58. The van der Waals surface area contributed by atoms with Crippen LogP contribution in [0.4, 0.5) is 11.8 Å². The molecule has 0 atom stereocenters. The third-order valence-electron chi connectivity index (χ3n) is 4.28. The highest BCUT2D eigenvalue weighted by Gasteiger charge is 2.23. The van der Waals surface area contributed by atoms with Crippen molar-refractivity contribution < 1.29 is 8.42 Å². The van der Waals surface area contributed by atoms with Crippen molar-refractivity contribution in [1.29, 1.82) is 0 Å². The van der Waals surface area contributed by atoms with Gasteiger partial charge >= 0.3 is 0 Å². The number of nitrogen functional groups attached to an aromatic ring is 1. The van der Waals surface area contributed by atoms with Crippen LogP contribution in [0.3, 0.4) is 0 Å². The lowest BCUT2D eigenvalue weighted by Crippen LogP contribution is -2.26. The Kier molecular flexibility index (Phi) is 4.71. The Labute approximate surface area is 142 Å². The van der Waals surface area contributed by atoms with Crippen LogP contribution in [0.15, 0.2) is 40.3 Å². The number of nitrogens with zero attached hydrogens (tertiary/aromatic N) is 3. The minimum Gasteiger partial charge on any atom is -0.382 e. The molecule has 1 aliphatic heterocycles. The highest BCUT2D eigenvalue weighted by atomic mass is 32.2. The fraction of sp³-hybridized carbons (Fsp3) is 0.412. The summed E-state index contributed by atoms with van der Waals surface area (Å²) in [4.78, 5) is 10.8. The molecule has 24 heavy (non-hydrogen) atoms. The molecular weight excluding hydrogens is 324 g/mol. The molecule has 2 heterocycles. The number of benzene rings is 1. The van der Waals surface area contributed by atoms with Crippen LogP contribution in [-0.2, 0) is 9.84 Å². The quantitative estimate of drug-likeness (QED) is 0.919. The van der Waals surface area contributed by atoms with Gasteiger partial charge in [-0.3, -0.25) is 0 Å². The van der Waals surface area contributed by atoms with Crippen LogP contribution in [0.1, 0.15) is 31.2 Å². The first-order chi connectivity index (χ1) is 11.5. The Morgan fingerprint density at radius 1 is 1.04 bits per heavy atom. The highest BCUT2D eigenvalue weighted by molar-refractivity contribution is 7.91. The van der Waals surface area contributed by atoms with Gasteiger partial charge < -0.3 is 10.6 Å². The van der Waals surface area contributed by atoms with Gasteiger partial charge in [0.15, 0.2) is 0 Å². The van der Waals surface area contributed by atoms with Gasteiger partial charge in [0.1, 0.15) is 10.7 Å². The maximum Gasteiger partial charge on any atom is 0.227 e. The van der Waals surface area contributed by atoms with Crippen LogP contribution >= 0.6 is 0 Å². The van der Waals surface area contributed by atoms with Crippen LogP contribution in [0, 0.1) is 6.92 Å². The van der Waals surface area contributed by atoms with Crippen molar-refractivity contribution in [2.45, 2.75) is 42.4 Å². The summed E-state index contributed by atoms with van der Waals surface area (Å²) in [7, 11) is -3.71. The maximum absolute atomic E-state index is 12.7. The van der Waals surface area contributed by atoms with Gasteiger partial charge in [-0.15, -0.1) is 0 Å². The molecule has 0 radical (unpaired) electrons. The number of anilines is 2. The van der Waals surface area contributed by atoms with E-state index >= 15 is 0 Å². The second kappa shape index (κ2) is 6.76. The first-order valence-electron chi connectivity index (χ1n) is 8.18. The van der Waals surface area contributed by atoms with Crippen molar-refractivity contribution in [3.05, 3.63) is 36.0 Å². The summed E-state index contributed by atoms with van der Waals surface area (Å²) < 4.78 is 25.5. The van der Waals surface area contributed by atoms with Crippen LogP contribution in [0.2, 0.25) is 0 Å². The number of aromatic nitrogens is 2. The Morgan fingerprint density at radius 2 is 1.67 bits per heavy atom. The number of rotatable bonds is 3. The fourth-order valence-corrected chi connectivity index (χ4v) is 4.11. The molecule has 0 amide bonds. The molecule has 1 fully saturated rings. The van der Waals surface area contributed by atoms with Crippen molar-refractivity contribution in [1.82, 2.24) is 9.97 Å². The molecule has 1 saturated heterocycles. The molecular formula is C17H22N4O2S. The predicted molar refractivity (Wildman–Crippen MR) is 93.8 cm³/mol. The fourth-order valence-electron chi connectivity index (χ4n) is 2.85.